The van der Waals surface area contributed by atoms with Gasteiger partial charge < -0.3 is 10.1 Å². The predicted octanol–water partition coefficient (Wildman–Crippen LogP) is 1.77. The van der Waals surface area contributed by atoms with Crippen molar-refractivity contribution in [3.8, 4) is 5.75 Å². The number of carbonyl (C=O) groups excluding carboxylic acids is 1. The van der Waals surface area contributed by atoms with Crippen LogP contribution in [-0.4, -0.2) is 50.6 Å². The van der Waals surface area contributed by atoms with Gasteiger partial charge in [-0.05, 0) is 49.9 Å². The molecule has 6 nitrogen and oxygen atoms in total. The summed E-state index contributed by atoms with van der Waals surface area (Å²) in [6.07, 6.45) is 2.99. The minimum Gasteiger partial charge on any atom is -0.491 e. The second-order valence-corrected chi connectivity index (χ2v) is 8.53. The van der Waals surface area contributed by atoms with Crippen molar-refractivity contribution in [2.75, 3.05) is 26.0 Å². The van der Waals surface area contributed by atoms with E-state index in [1.54, 1.807) is 12.1 Å². The van der Waals surface area contributed by atoms with Crippen LogP contribution in [0.4, 0.5) is 4.39 Å². The molecule has 1 amide bonds. The molecule has 1 aromatic rings. The van der Waals surface area contributed by atoms with E-state index in [1.165, 1.54) is 22.7 Å². The Kier molecular flexibility index (Phi) is 6.78. The van der Waals surface area contributed by atoms with Gasteiger partial charge in [0.05, 0.1) is 12.3 Å². The zero-order valence-electron chi connectivity index (χ0n) is 14.6. The van der Waals surface area contributed by atoms with Crippen molar-refractivity contribution in [3.63, 3.8) is 0 Å². The molecule has 1 aromatic carbocycles. The number of rotatable bonds is 7. The van der Waals surface area contributed by atoms with Crippen molar-refractivity contribution in [1.82, 2.24) is 9.62 Å². The Morgan fingerprint density at radius 2 is 1.92 bits per heavy atom. The maximum atomic E-state index is 12.8. The molecule has 1 unspecified atom stereocenters. The van der Waals surface area contributed by atoms with E-state index in [1.807, 2.05) is 6.92 Å². The van der Waals surface area contributed by atoms with E-state index < -0.39 is 10.0 Å². The molecule has 1 fully saturated rings. The highest BCUT2D eigenvalue weighted by molar-refractivity contribution is 7.88. The molecule has 25 heavy (non-hydrogen) atoms. The van der Waals surface area contributed by atoms with Crippen LogP contribution in [0.5, 0.6) is 5.75 Å². The predicted molar refractivity (Wildman–Crippen MR) is 93.3 cm³/mol. The van der Waals surface area contributed by atoms with Crippen LogP contribution in [0.25, 0.3) is 0 Å². The van der Waals surface area contributed by atoms with Crippen LogP contribution in [0.2, 0.25) is 0 Å². The number of halogens is 1. The molecular weight excluding hydrogens is 347 g/mol. The number of nitrogens with zero attached hydrogens (tertiary/aromatic N) is 1. The molecule has 1 N–H and O–H groups in total. The number of piperidine rings is 1. The molecule has 0 bridgehead atoms. The highest BCUT2D eigenvalue weighted by atomic mass is 32.2. The summed E-state index contributed by atoms with van der Waals surface area (Å²) in [6.45, 7) is 3.08. The summed E-state index contributed by atoms with van der Waals surface area (Å²) in [6, 6.07) is 5.55. The Morgan fingerprint density at radius 1 is 1.32 bits per heavy atom. The van der Waals surface area contributed by atoms with Crippen molar-refractivity contribution in [1.29, 1.82) is 0 Å². The summed E-state index contributed by atoms with van der Waals surface area (Å²) in [5.41, 5.74) is 0. The maximum absolute atomic E-state index is 12.8. The van der Waals surface area contributed by atoms with E-state index in [0.717, 1.165) is 0 Å². The van der Waals surface area contributed by atoms with Crippen LogP contribution >= 0.6 is 0 Å². The lowest BCUT2D eigenvalue weighted by Gasteiger charge is -2.30. The van der Waals surface area contributed by atoms with Gasteiger partial charge in [-0.3, -0.25) is 4.79 Å². The van der Waals surface area contributed by atoms with Crippen molar-refractivity contribution >= 4 is 15.9 Å². The van der Waals surface area contributed by atoms with Gasteiger partial charge in [-0.1, -0.05) is 0 Å². The van der Waals surface area contributed by atoms with Gasteiger partial charge in [0.15, 0.2) is 0 Å². The van der Waals surface area contributed by atoms with Gasteiger partial charge in [0.2, 0.25) is 15.9 Å². The second-order valence-electron chi connectivity index (χ2n) is 6.54. The highest BCUT2D eigenvalue weighted by Crippen LogP contribution is 2.22. The normalized spacial score (nSPS) is 17.9. The van der Waals surface area contributed by atoms with Crippen LogP contribution < -0.4 is 10.1 Å². The van der Waals surface area contributed by atoms with Gasteiger partial charge in [0, 0.05) is 19.5 Å². The smallest absolute Gasteiger partial charge is 0.220 e. The largest absolute Gasteiger partial charge is 0.491 e. The standard InChI is InChI=1S/C17H25FN2O4S/c1-13(12-24-16-5-3-15(18)4-6-16)19-17(21)11-14-7-9-20(10-8-14)25(2,22)23/h3-6,13-14H,7-12H2,1-2H3,(H,19,21). The van der Waals surface area contributed by atoms with E-state index >= 15 is 0 Å². The Labute approximate surface area is 148 Å². The number of benzene rings is 1. The molecule has 0 radical (unpaired) electrons. The van der Waals surface area contributed by atoms with Crippen LogP contribution in [0.3, 0.4) is 0 Å². The molecule has 0 aliphatic carbocycles. The maximum Gasteiger partial charge on any atom is 0.220 e. The van der Waals surface area contributed by atoms with Crippen molar-refractivity contribution in [3.05, 3.63) is 30.1 Å². The van der Waals surface area contributed by atoms with Crippen LogP contribution in [-0.2, 0) is 14.8 Å². The minimum absolute atomic E-state index is 0.0620. The Morgan fingerprint density at radius 3 is 2.48 bits per heavy atom. The summed E-state index contributed by atoms with van der Waals surface area (Å²) in [5, 5.41) is 2.88. The van der Waals surface area contributed by atoms with Gasteiger partial charge in [0.1, 0.15) is 18.2 Å². The third-order valence-corrected chi connectivity index (χ3v) is 5.54. The average Bonchev–Trinajstić information content (AvgIpc) is 2.54. The third-order valence-electron chi connectivity index (χ3n) is 4.24. The monoisotopic (exact) mass is 372 g/mol. The van der Waals surface area contributed by atoms with Crippen molar-refractivity contribution in [2.24, 2.45) is 5.92 Å². The molecule has 8 heteroatoms. The van der Waals surface area contributed by atoms with Crippen molar-refractivity contribution in [2.45, 2.75) is 32.2 Å². The lowest BCUT2D eigenvalue weighted by molar-refractivity contribution is -0.123. The highest BCUT2D eigenvalue weighted by Gasteiger charge is 2.26. The van der Waals surface area contributed by atoms with Gasteiger partial charge in [-0.15, -0.1) is 0 Å². The van der Waals surface area contributed by atoms with E-state index in [0.29, 0.717) is 44.7 Å². The molecule has 2 rings (SSSR count). The number of ether oxygens (including phenoxy) is 1. The number of nitrogens with one attached hydrogen (secondary N) is 1. The fourth-order valence-corrected chi connectivity index (χ4v) is 3.71. The Hall–Kier alpha value is -1.67. The summed E-state index contributed by atoms with van der Waals surface area (Å²) in [7, 11) is -3.14. The summed E-state index contributed by atoms with van der Waals surface area (Å²) in [5.74, 6) is 0.363. The Bertz CT molecular complexity index is 670. The zero-order chi connectivity index (χ0) is 18.4. The molecule has 1 saturated heterocycles. The fraction of sp³-hybridized carbons (Fsp3) is 0.588. The number of hydrogen-bond donors (Lipinski definition) is 1. The van der Waals surface area contributed by atoms with Crippen LogP contribution in [0.1, 0.15) is 26.2 Å². The van der Waals surface area contributed by atoms with Crippen LogP contribution in [0, 0.1) is 11.7 Å². The first kappa shape index (κ1) is 19.7. The minimum atomic E-state index is -3.14. The van der Waals surface area contributed by atoms with E-state index in [4.69, 9.17) is 4.74 Å². The molecule has 140 valence electrons. The molecular formula is C17H25FN2O4S. The van der Waals surface area contributed by atoms with E-state index in [2.05, 4.69) is 5.32 Å². The lowest BCUT2D eigenvalue weighted by atomic mass is 9.94. The molecule has 1 atom stereocenters. The molecule has 1 heterocycles. The molecule has 0 aromatic heterocycles. The number of carbonyl (C=O) groups is 1. The molecule has 1 aliphatic heterocycles. The van der Waals surface area contributed by atoms with Crippen molar-refractivity contribution < 1.29 is 22.3 Å². The first-order valence-electron chi connectivity index (χ1n) is 8.37. The van der Waals surface area contributed by atoms with Gasteiger partial charge in [0.25, 0.3) is 0 Å². The van der Waals surface area contributed by atoms with Crippen LogP contribution in [0.15, 0.2) is 24.3 Å². The average molecular weight is 372 g/mol. The van der Waals surface area contributed by atoms with Gasteiger partial charge in [-0.25, -0.2) is 17.1 Å². The number of amides is 1. The first-order chi connectivity index (χ1) is 11.7. The second kappa shape index (κ2) is 8.62. The topological polar surface area (TPSA) is 75.7 Å². The summed E-state index contributed by atoms with van der Waals surface area (Å²) >= 11 is 0. The van der Waals surface area contributed by atoms with E-state index in [9.17, 15) is 17.6 Å². The first-order valence-corrected chi connectivity index (χ1v) is 10.2. The number of sulfonamides is 1. The lowest BCUT2D eigenvalue weighted by Crippen LogP contribution is -2.41. The molecule has 0 saturated carbocycles. The number of hydrogen-bond acceptors (Lipinski definition) is 4. The van der Waals surface area contributed by atoms with E-state index in [-0.39, 0.29) is 23.7 Å². The Balaban J connectivity index is 1.68. The van der Waals surface area contributed by atoms with Gasteiger partial charge >= 0.3 is 0 Å². The SMILES string of the molecule is CC(COc1ccc(F)cc1)NC(=O)CC1CCN(S(C)(=O)=O)CC1. The summed E-state index contributed by atoms with van der Waals surface area (Å²) < 4.78 is 42.8. The fourth-order valence-electron chi connectivity index (χ4n) is 2.83. The van der Waals surface area contributed by atoms with Gasteiger partial charge in [-0.2, -0.15) is 0 Å². The zero-order valence-corrected chi connectivity index (χ0v) is 15.4. The molecule has 1 aliphatic rings. The quantitative estimate of drug-likeness (QED) is 0.792. The summed E-state index contributed by atoms with van der Waals surface area (Å²) in [4.78, 5) is 12.1. The third kappa shape index (κ3) is 6.62. The molecule has 0 spiro atoms.